The maximum Gasteiger partial charge on any atom is 0.266 e. The highest BCUT2D eigenvalue weighted by atomic mass is 16.1. The third-order valence-electron chi connectivity index (χ3n) is 5.28. The van der Waals surface area contributed by atoms with Crippen molar-refractivity contribution in [3.8, 4) is 17.1 Å². The van der Waals surface area contributed by atoms with Crippen LogP contribution >= 0.6 is 0 Å². The van der Waals surface area contributed by atoms with Gasteiger partial charge in [0.05, 0.1) is 16.6 Å². The van der Waals surface area contributed by atoms with Crippen LogP contribution in [0.2, 0.25) is 0 Å². The van der Waals surface area contributed by atoms with E-state index >= 15 is 0 Å². The molecule has 0 aliphatic carbocycles. The van der Waals surface area contributed by atoms with Crippen molar-refractivity contribution in [3.63, 3.8) is 0 Å². The van der Waals surface area contributed by atoms with E-state index in [4.69, 9.17) is 4.98 Å². The van der Waals surface area contributed by atoms with Crippen LogP contribution in [0.15, 0.2) is 71.7 Å². The zero-order chi connectivity index (χ0) is 19.7. The van der Waals surface area contributed by atoms with Gasteiger partial charge in [0, 0.05) is 17.5 Å². The van der Waals surface area contributed by atoms with Crippen LogP contribution < -0.4 is 5.56 Å². The van der Waals surface area contributed by atoms with Crippen molar-refractivity contribution in [2.24, 2.45) is 0 Å². The topological polar surface area (TPSA) is 47.8 Å². The highest BCUT2D eigenvalue weighted by molar-refractivity contribution is 5.80. The monoisotopic (exact) mass is 369 g/mol. The molecule has 4 nitrogen and oxygen atoms in total. The molecule has 1 unspecified atom stereocenters. The summed E-state index contributed by atoms with van der Waals surface area (Å²) in [5.74, 6) is 1.09. The number of benzene rings is 2. The minimum absolute atomic E-state index is 0.0718. The van der Waals surface area contributed by atoms with Crippen molar-refractivity contribution in [1.29, 1.82) is 0 Å². The Morgan fingerprint density at radius 1 is 1.00 bits per heavy atom. The molecule has 2 aromatic carbocycles. The highest BCUT2D eigenvalue weighted by Gasteiger charge is 2.15. The number of fused-ring (bicyclic) bond motifs is 1. The van der Waals surface area contributed by atoms with Crippen LogP contribution in [0.4, 0.5) is 0 Å². The minimum atomic E-state index is -0.0718. The van der Waals surface area contributed by atoms with E-state index in [1.807, 2.05) is 55.5 Å². The predicted octanol–water partition coefficient (Wildman–Crippen LogP) is 5.27. The number of hydrogen-bond donors (Lipinski definition) is 0. The molecular formula is C24H23N3O. The smallest absolute Gasteiger partial charge is 0.266 e. The molecule has 140 valence electrons. The van der Waals surface area contributed by atoms with Crippen molar-refractivity contribution in [3.05, 3.63) is 88.5 Å². The van der Waals surface area contributed by atoms with Gasteiger partial charge in [-0.3, -0.25) is 14.3 Å². The lowest BCUT2D eigenvalue weighted by Gasteiger charge is -2.15. The standard InChI is InChI=1S/C24H23N3O/c1-4-16(2)18-11-13-20(14-12-18)27-23(19-10-9-17(3)25-15-19)26-22-8-6-5-7-21(22)24(27)28/h5-16H,4H2,1-3H3. The number of aryl methyl sites for hydroxylation is 1. The maximum atomic E-state index is 13.4. The summed E-state index contributed by atoms with van der Waals surface area (Å²) >= 11 is 0. The van der Waals surface area contributed by atoms with E-state index in [1.165, 1.54) is 5.56 Å². The third-order valence-corrected chi connectivity index (χ3v) is 5.28. The Balaban J connectivity index is 1.97. The summed E-state index contributed by atoms with van der Waals surface area (Å²) in [5, 5.41) is 0.609. The molecule has 0 radical (unpaired) electrons. The first-order chi connectivity index (χ1) is 13.6. The van der Waals surface area contributed by atoms with Gasteiger partial charge in [-0.2, -0.15) is 0 Å². The molecular weight excluding hydrogens is 346 g/mol. The Hall–Kier alpha value is -3.27. The number of pyridine rings is 1. The Kier molecular flexibility index (Phi) is 4.78. The molecule has 1 atom stereocenters. The van der Waals surface area contributed by atoms with E-state index in [0.717, 1.165) is 23.4 Å². The molecule has 2 aromatic heterocycles. The summed E-state index contributed by atoms with van der Waals surface area (Å²) in [6.45, 7) is 6.33. The molecule has 0 N–H and O–H groups in total. The number of para-hydroxylation sites is 1. The van der Waals surface area contributed by atoms with Gasteiger partial charge in [-0.15, -0.1) is 0 Å². The second-order valence-corrected chi connectivity index (χ2v) is 7.18. The van der Waals surface area contributed by atoms with Gasteiger partial charge in [0.15, 0.2) is 0 Å². The summed E-state index contributed by atoms with van der Waals surface area (Å²) in [7, 11) is 0. The molecule has 4 heteroatoms. The quantitative estimate of drug-likeness (QED) is 0.492. The molecule has 0 amide bonds. The molecule has 4 aromatic rings. The lowest BCUT2D eigenvalue weighted by molar-refractivity contribution is 0.733. The number of nitrogens with zero attached hydrogens (tertiary/aromatic N) is 3. The normalized spacial score (nSPS) is 12.2. The van der Waals surface area contributed by atoms with Crippen molar-refractivity contribution in [1.82, 2.24) is 14.5 Å². The fourth-order valence-electron chi connectivity index (χ4n) is 3.35. The van der Waals surface area contributed by atoms with Crippen LogP contribution in [-0.2, 0) is 0 Å². The van der Waals surface area contributed by atoms with Gasteiger partial charge in [0.2, 0.25) is 0 Å². The van der Waals surface area contributed by atoms with E-state index in [1.54, 1.807) is 10.8 Å². The van der Waals surface area contributed by atoms with E-state index < -0.39 is 0 Å². The van der Waals surface area contributed by atoms with Crippen LogP contribution in [0.3, 0.4) is 0 Å². The molecule has 0 fully saturated rings. The fourth-order valence-corrected chi connectivity index (χ4v) is 3.35. The molecule has 28 heavy (non-hydrogen) atoms. The van der Waals surface area contributed by atoms with Gasteiger partial charge in [0.1, 0.15) is 5.82 Å². The van der Waals surface area contributed by atoms with Crippen LogP contribution in [0.5, 0.6) is 0 Å². The molecule has 4 rings (SSSR count). The van der Waals surface area contributed by atoms with Crippen LogP contribution in [0.1, 0.15) is 37.4 Å². The Morgan fingerprint density at radius 2 is 1.75 bits per heavy atom. The molecule has 0 saturated carbocycles. The number of rotatable bonds is 4. The zero-order valence-electron chi connectivity index (χ0n) is 16.4. The Bertz CT molecular complexity index is 1180. The molecule has 0 bridgehead atoms. The highest BCUT2D eigenvalue weighted by Crippen LogP contribution is 2.24. The molecule has 0 saturated heterocycles. The third kappa shape index (κ3) is 3.22. The second-order valence-electron chi connectivity index (χ2n) is 7.18. The van der Waals surface area contributed by atoms with Gasteiger partial charge in [0.25, 0.3) is 5.56 Å². The Labute approximate surface area is 164 Å². The average Bonchev–Trinajstić information content (AvgIpc) is 2.74. The van der Waals surface area contributed by atoms with Gasteiger partial charge in [-0.1, -0.05) is 38.1 Å². The van der Waals surface area contributed by atoms with Gasteiger partial charge in [-0.05, 0) is 61.2 Å². The van der Waals surface area contributed by atoms with E-state index in [-0.39, 0.29) is 5.56 Å². The van der Waals surface area contributed by atoms with Crippen LogP contribution in [0.25, 0.3) is 28.0 Å². The lowest BCUT2D eigenvalue weighted by atomic mass is 9.98. The van der Waals surface area contributed by atoms with Crippen molar-refractivity contribution in [2.45, 2.75) is 33.1 Å². The average molecular weight is 369 g/mol. The minimum Gasteiger partial charge on any atom is -0.268 e. The van der Waals surface area contributed by atoms with E-state index in [2.05, 4.69) is 31.0 Å². The SMILES string of the molecule is CCC(C)c1ccc(-n2c(-c3ccc(C)nc3)nc3ccccc3c2=O)cc1. The van der Waals surface area contributed by atoms with Gasteiger partial charge < -0.3 is 0 Å². The predicted molar refractivity (Wildman–Crippen MR) is 114 cm³/mol. The maximum absolute atomic E-state index is 13.4. The summed E-state index contributed by atoms with van der Waals surface area (Å²) in [5.41, 5.74) is 4.45. The van der Waals surface area contributed by atoms with Crippen molar-refractivity contribution < 1.29 is 0 Å². The summed E-state index contributed by atoms with van der Waals surface area (Å²) in [6.07, 6.45) is 2.85. The number of aromatic nitrogens is 3. The summed E-state index contributed by atoms with van der Waals surface area (Å²) in [4.78, 5) is 22.6. The molecule has 0 aliphatic heterocycles. The first-order valence-electron chi connectivity index (χ1n) is 9.63. The second kappa shape index (κ2) is 7.39. The van der Waals surface area contributed by atoms with E-state index in [9.17, 15) is 4.79 Å². The van der Waals surface area contributed by atoms with Crippen molar-refractivity contribution >= 4 is 10.9 Å². The summed E-state index contributed by atoms with van der Waals surface area (Å²) in [6, 6.07) is 19.6. The first-order valence-corrected chi connectivity index (χ1v) is 9.63. The molecule has 0 spiro atoms. The van der Waals surface area contributed by atoms with E-state index in [0.29, 0.717) is 22.6 Å². The van der Waals surface area contributed by atoms with Crippen LogP contribution in [0, 0.1) is 6.92 Å². The molecule has 2 heterocycles. The zero-order valence-corrected chi connectivity index (χ0v) is 16.4. The van der Waals surface area contributed by atoms with Crippen LogP contribution in [-0.4, -0.2) is 14.5 Å². The lowest BCUT2D eigenvalue weighted by Crippen LogP contribution is -2.22. The molecule has 0 aliphatic rings. The first kappa shape index (κ1) is 18.1. The van der Waals surface area contributed by atoms with Gasteiger partial charge >= 0.3 is 0 Å². The van der Waals surface area contributed by atoms with Gasteiger partial charge in [-0.25, -0.2) is 4.98 Å². The summed E-state index contributed by atoms with van der Waals surface area (Å²) < 4.78 is 1.69. The fraction of sp³-hybridized carbons (Fsp3) is 0.208. The number of hydrogen-bond acceptors (Lipinski definition) is 3. The van der Waals surface area contributed by atoms with Crippen molar-refractivity contribution in [2.75, 3.05) is 0 Å². The largest absolute Gasteiger partial charge is 0.268 e. The Morgan fingerprint density at radius 3 is 2.43 bits per heavy atom.